The van der Waals surface area contributed by atoms with E-state index < -0.39 is 5.97 Å². The van der Waals surface area contributed by atoms with Gasteiger partial charge in [-0.15, -0.1) is 11.3 Å². The van der Waals surface area contributed by atoms with Crippen LogP contribution in [0.2, 0.25) is 0 Å². The van der Waals surface area contributed by atoms with E-state index >= 15 is 0 Å². The van der Waals surface area contributed by atoms with Gasteiger partial charge in [0.25, 0.3) is 0 Å². The van der Waals surface area contributed by atoms with E-state index in [-0.39, 0.29) is 18.9 Å². The molecule has 0 saturated carbocycles. The Morgan fingerprint density at radius 2 is 1.71 bits per heavy atom. The molecule has 4 aromatic rings. The van der Waals surface area contributed by atoms with Crippen LogP contribution in [0.1, 0.15) is 22.8 Å². The maximum Gasteiger partial charge on any atom is 0.341 e. The highest BCUT2D eigenvalue weighted by molar-refractivity contribution is 7.23. The predicted octanol–water partition coefficient (Wildman–Crippen LogP) is 5.41. The quantitative estimate of drug-likeness (QED) is 0.464. The molecule has 1 aromatic heterocycles. The standard InChI is InChI=1S/C23H19NO3S/c1-2-27-23(26)21-18-9-5-6-10-19(18)28-22(21)24-20(25)14-15-11-12-16-7-3-4-8-17(16)13-15/h3-13H,2,14H2,1H3,(H,24,25). The van der Waals surface area contributed by atoms with Gasteiger partial charge in [-0.05, 0) is 29.3 Å². The molecule has 0 spiro atoms. The Morgan fingerprint density at radius 3 is 2.54 bits per heavy atom. The van der Waals surface area contributed by atoms with Crippen LogP contribution in [0, 0.1) is 0 Å². The van der Waals surface area contributed by atoms with E-state index in [4.69, 9.17) is 4.74 Å². The number of esters is 1. The Morgan fingerprint density at radius 1 is 0.964 bits per heavy atom. The maximum absolute atomic E-state index is 12.7. The van der Waals surface area contributed by atoms with Crippen molar-refractivity contribution in [3.8, 4) is 0 Å². The molecular weight excluding hydrogens is 370 g/mol. The summed E-state index contributed by atoms with van der Waals surface area (Å²) in [6.07, 6.45) is 0.237. The van der Waals surface area contributed by atoms with Crippen molar-refractivity contribution < 1.29 is 14.3 Å². The summed E-state index contributed by atoms with van der Waals surface area (Å²) in [7, 11) is 0. The SMILES string of the molecule is CCOC(=O)c1c(NC(=O)Cc2ccc3ccccc3c2)sc2ccccc12. The number of nitrogens with one attached hydrogen (secondary N) is 1. The van der Waals surface area contributed by atoms with Gasteiger partial charge >= 0.3 is 5.97 Å². The zero-order chi connectivity index (χ0) is 19.5. The van der Waals surface area contributed by atoms with Crippen LogP contribution in [0.3, 0.4) is 0 Å². The van der Waals surface area contributed by atoms with Crippen molar-refractivity contribution >= 4 is 49.1 Å². The molecule has 0 bridgehead atoms. The minimum Gasteiger partial charge on any atom is -0.462 e. The lowest BCUT2D eigenvalue weighted by molar-refractivity contribution is -0.115. The molecule has 4 rings (SSSR count). The zero-order valence-corrected chi connectivity index (χ0v) is 16.2. The molecule has 0 radical (unpaired) electrons. The van der Waals surface area contributed by atoms with Gasteiger partial charge in [-0.1, -0.05) is 60.7 Å². The Bertz CT molecular complexity index is 1180. The van der Waals surface area contributed by atoms with Gasteiger partial charge < -0.3 is 10.1 Å². The average Bonchev–Trinajstić information content (AvgIpc) is 3.05. The Balaban J connectivity index is 1.60. The largest absolute Gasteiger partial charge is 0.462 e. The second-order valence-electron chi connectivity index (χ2n) is 6.43. The number of ether oxygens (including phenoxy) is 1. The lowest BCUT2D eigenvalue weighted by Gasteiger charge is -2.07. The first-order valence-corrected chi connectivity index (χ1v) is 9.93. The molecule has 0 atom stereocenters. The number of hydrogen-bond acceptors (Lipinski definition) is 4. The molecule has 0 aliphatic heterocycles. The molecule has 140 valence electrons. The fourth-order valence-electron chi connectivity index (χ4n) is 3.24. The maximum atomic E-state index is 12.7. The molecule has 0 saturated heterocycles. The van der Waals surface area contributed by atoms with E-state index in [0.29, 0.717) is 10.6 Å². The highest BCUT2D eigenvalue weighted by Gasteiger charge is 2.21. The minimum atomic E-state index is -0.416. The summed E-state index contributed by atoms with van der Waals surface area (Å²) in [5, 5.41) is 6.48. The molecular formula is C23H19NO3S. The van der Waals surface area contributed by atoms with Gasteiger partial charge in [-0.3, -0.25) is 4.79 Å². The smallest absolute Gasteiger partial charge is 0.341 e. The number of hydrogen-bond donors (Lipinski definition) is 1. The zero-order valence-electron chi connectivity index (χ0n) is 15.4. The molecule has 0 unspecified atom stereocenters. The van der Waals surface area contributed by atoms with E-state index in [1.807, 2.05) is 66.7 Å². The second-order valence-corrected chi connectivity index (χ2v) is 7.48. The molecule has 1 amide bonds. The van der Waals surface area contributed by atoms with Crippen molar-refractivity contribution in [2.24, 2.45) is 0 Å². The molecule has 3 aromatic carbocycles. The lowest BCUT2D eigenvalue weighted by atomic mass is 10.0. The number of fused-ring (bicyclic) bond motifs is 2. The van der Waals surface area contributed by atoms with E-state index in [2.05, 4.69) is 5.32 Å². The average molecular weight is 389 g/mol. The van der Waals surface area contributed by atoms with Crippen LogP contribution >= 0.6 is 11.3 Å². The van der Waals surface area contributed by atoms with Crippen molar-refractivity contribution in [3.63, 3.8) is 0 Å². The third-order valence-corrected chi connectivity index (χ3v) is 5.59. The van der Waals surface area contributed by atoms with Gasteiger partial charge in [0.1, 0.15) is 10.6 Å². The number of anilines is 1. The third-order valence-electron chi connectivity index (χ3n) is 4.51. The van der Waals surface area contributed by atoms with Crippen LogP contribution in [0.4, 0.5) is 5.00 Å². The molecule has 0 aliphatic carbocycles. The van der Waals surface area contributed by atoms with Crippen LogP contribution in [0.5, 0.6) is 0 Å². The van der Waals surface area contributed by atoms with Crippen molar-refractivity contribution in [3.05, 3.63) is 77.9 Å². The number of benzene rings is 3. The second kappa shape index (κ2) is 7.82. The first-order valence-electron chi connectivity index (χ1n) is 9.12. The predicted molar refractivity (Wildman–Crippen MR) is 114 cm³/mol. The topological polar surface area (TPSA) is 55.4 Å². The fourth-order valence-corrected chi connectivity index (χ4v) is 4.35. The monoisotopic (exact) mass is 389 g/mol. The van der Waals surface area contributed by atoms with Crippen molar-refractivity contribution in [1.82, 2.24) is 0 Å². The molecule has 1 heterocycles. The highest BCUT2D eigenvalue weighted by atomic mass is 32.1. The molecule has 0 fully saturated rings. The van der Waals surface area contributed by atoms with Gasteiger partial charge in [0, 0.05) is 10.1 Å². The summed E-state index contributed by atoms with van der Waals surface area (Å²) in [5.74, 6) is -0.576. The van der Waals surface area contributed by atoms with Gasteiger partial charge in [0.2, 0.25) is 5.91 Å². The first-order chi connectivity index (χ1) is 13.7. The third kappa shape index (κ3) is 3.62. The van der Waals surface area contributed by atoms with Crippen LogP contribution in [0.25, 0.3) is 20.9 Å². The molecule has 0 aliphatic rings. The number of carbonyl (C=O) groups excluding carboxylic acids is 2. The summed E-state index contributed by atoms with van der Waals surface area (Å²) >= 11 is 1.39. The van der Waals surface area contributed by atoms with E-state index in [1.54, 1.807) is 6.92 Å². The number of amides is 1. The Hall–Kier alpha value is -3.18. The molecule has 4 nitrogen and oxygen atoms in total. The van der Waals surface area contributed by atoms with Crippen molar-refractivity contribution in [1.29, 1.82) is 0 Å². The Labute approximate surface area is 166 Å². The van der Waals surface area contributed by atoms with Crippen molar-refractivity contribution in [2.75, 3.05) is 11.9 Å². The summed E-state index contributed by atoms with van der Waals surface area (Å²) in [4.78, 5) is 25.1. The van der Waals surface area contributed by atoms with Crippen molar-refractivity contribution in [2.45, 2.75) is 13.3 Å². The van der Waals surface area contributed by atoms with E-state index in [1.165, 1.54) is 11.3 Å². The number of carbonyl (C=O) groups is 2. The summed E-state index contributed by atoms with van der Waals surface area (Å²) in [6, 6.07) is 21.6. The van der Waals surface area contributed by atoms with Gasteiger partial charge in [0.15, 0.2) is 0 Å². The fraction of sp³-hybridized carbons (Fsp3) is 0.130. The Kier molecular flexibility index (Phi) is 5.08. The number of rotatable bonds is 5. The van der Waals surface area contributed by atoms with E-state index in [0.717, 1.165) is 26.4 Å². The summed E-state index contributed by atoms with van der Waals surface area (Å²) < 4.78 is 6.14. The van der Waals surface area contributed by atoms with E-state index in [9.17, 15) is 9.59 Å². The van der Waals surface area contributed by atoms with Gasteiger partial charge in [-0.2, -0.15) is 0 Å². The molecule has 1 N–H and O–H groups in total. The van der Waals surface area contributed by atoms with Crippen LogP contribution in [-0.2, 0) is 16.0 Å². The van der Waals surface area contributed by atoms with Crippen LogP contribution in [-0.4, -0.2) is 18.5 Å². The van der Waals surface area contributed by atoms with Gasteiger partial charge in [0.05, 0.1) is 13.0 Å². The first kappa shape index (κ1) is 18.2. The normalized spacial score (nSPS) is 10.9. The van der Waals surface area contributed by atoms with Crippen LogP contribution in [0.15, 0.2) is 66.7 Å². The highest BCUT2D eigenvalue weighted by Crippen LogP contribution is 2.36. The van der Waals surface area contributed by atoms with Gasteiger partial charge in [-0.25, -0.2) is 4.79 Å². The molecule has 5 heteroatoms. The van der Waals surface area contributed by atoms with Crippen LogP contribution < -0.4 is 5.32 Å². The minimum absolute atomic E-state index is 0.160. The lowest BCUT2D eigenvalue weighted by Crippen LogP contribution is -2.16. The summed E-state index contributed by atoms with van der Waals surface area (Å²) in [6.45, 7) is 2.05. The summed E-state index contributed by atoms with van der Waals surface area (Å²) in [5.41, 5.74) is 1.35. The number of thiophene rings is 1. The molecule has 28 heavy (non-hydrogen) atoms.